The van der Waals surface area contributed by atoms with E-state index in [0.29, 0.717) is 12.5 Å². The molecule has 1 atom stereocenters. The number of ether oxygens (including phenoxy) is 1. The Balaban J connectivity index is 3.63. The summed E-state index contributed by atoms with van der Waals surface area (Å²) in [6, 6.07) is 0. The van der Waals surface area contributed by atoms with E-state index < -0.39 is 0 Å². The quantitative estimate of drug-likeness (QED) is 0.361. The molecule has 0 unspecified atom stereocenters. The van der Waals surface area contributed by atoms with Gasteiger partial charge in [0.1, 0.15) is 0 Å². The smallest absolute Gasteiger partial charge is 0.330 e. The molecule has 0 amide bonds. The number of esters is 1. The minimum Gasteiger partial charge on any atom is -0.463 e. The molecule has 0 saturated carbocycles. The molecule has 0 fully saturated rings. The molecule has 0 N–H and O–H groups in total. The van der Waals surface area contributed by atoms with Gasteiger partial charge in [-0.25, -0.2) is 4.79 Å². The molecule has 0 aliphatic rings. The first kappa shape index (κ1) is 15.7. The van der Waals surface area contributed by atoms with Gasteiger partial charge < -0.3 is 4.74 Å². The van der Waals surface area contributed by atoms with Crippen LogP contribution in [0.4, 0.5) is 0 Å². The lowest BCUT2D eigenvalue weighted by molar-refractivity contribution is -0.137. The van der Waals surface area contributed by atoms with Crippen LogP contribution in [0.5, 0.6) is 0 Å². The summed E-state index contributed by atoms with van der Waals surface area (Å²) in [5, 5.41) is 0. The van der Waals surface area contributed by atoms with Crippen LogP contribution in [0, 0.1) is 5.92 Å². The second kappa shape index (κ2) is 11.2. The van der Waals surface area contributed by atoms with Gasteiger partial charge in [-0.2, -0.15) is 0 Å². The standard InChI is InChI=1S/C15H24O2/c1-4-6-7-8-11-14(3)12-9-10-13-15(16)17-5-2/h4,6-8,10,13-14H,5,9,11-12H2,1-3H3/b6-4+,8-7+,13-10-/t14-/m0/s1. The Hall–Kier alpha value is -1.31. The number of hydrogen-bond acceptors (Lipinski definition) is 2. The zero-order valence-corrected chi connectivity index (χ0v) is 11.2. The molecule has 2 heteroatoms. The highest BCUT2D eigenvalue weighted by molar-refractivity contribution is 5.81. The highest BCUT2D eigenvalue weighted by Gasteiger charge is 1.98. The Morgan fingerprint density at radius 3 is 2.71 bits per heavy atom. The van der Waals surface area contributed by atoms with Gasteiger partial charge in [0.25, 0.3) is 0 Å². The summed E-state index contributed by atoms with van der Waals surface area (Å²) in [6.45, 7) is 6.48. The van der Waals surface area contributed by atoms with E-state index >= 15 is 0 Å². The third kappa shape index (κ3) is 11.0. The van der Waals surface area contributed by atoms with Gasteiger partial charge in [0.05, 0.1) is 6.61 Å². The fourth-order valence-electron chi connectivity index (χ4n) is 1.37. The van der Waals surface area contributed by atoms with Crippen molar-refractivity contribution in [2.45, 2.75) is 40.0 Å². The Bertz CT molecular complexity index is 275. The number of carbonyl (C=O) groups excluding carboxylic acids is 1. The van der Waals surface area contributed by atoms with Crippen molar-refractivity contribution in [3.8, 4) is 0 Å². The zero-order valence-electron chi connectivity index (χ0n) is 11.2. The maximum Gasteiger partial charge on any atom is 0.330 e. The van der Waals surface area contributed by atoms with Crippen molar-refractivity contribution in [1.82, 2.24) is 0 Å². The van der Waals surface area contributed by atoms with Crippen molar-refractivity contribution in [2.24, 2.45) is 5.92 Å². The van der Waals surface area contributed by atoms with Crippen LogP contribution in [0.1, 0.15) is 40.0 Å². The van der Waals surface area contributed by atoms with Crippen molar-refractivity contribution in [2.75, 3.05) is 6.61 Å². The number of hydrogen-bond donors (Lipinski definition) is 0. The Morgan fingerprint density at radius 2 is 2.06 bits per heavy atom. The van der Waals surface area contributed by atoms with E-state index in [-0.39, 0.29) is 5.97 Å². The van der Waals surface area contributed by atoms with Crippen LogP contribution in [-0.2, 0) is 9.53 Å². The van der Waals surface area contributed by atoms with Gasteiger partial charge in [0, 0.05) is 6.08 Å². The Kier molecular flexibility index (Phi) is 10.3. The van der Waals surface area contributed by atoms with Gasteiger partial charge in [-0.05, 0) is 39.0 Å². The molecule has 0 aromatic carbocycles. The van der Waals surface area contributed by atoms with Gasteiger partial charge in [0.2, 0.25) is 0 Å². The molecule has 0 aromatic rings. The SMILES string of the molecule is C/C=C/C=C/C[C@H](C)CC/C=C\C(=O)OCC. The lowest BCUT2D eigenvalue weighted by atomic mass is 10.0. The van der Waals surface area contributed by atoms with Gasteiger partial charge in [-0.1, -0.05) is 37.3 Å². The predicted octanol–water partition coefficient (Wildman–Crippen LogP) is 4.04. The molecule has 96 valence electrons. The van der Waals surface area contributed by atoms with Crippen molar-refractivity contribution in [3.05, 3.63) is 36.5 Å². The minimum absolute atomic E-state index is 0.242. The van der Waals surface area contributed by atoms with E-state index in [1.54, 1.807) is 0 Å². The van der Waals surface area contributed by atoms with Crippen molar-refractivity contribution in [3.63, 3.8) is 0 Å². The molecule has 0 heterocycles. The molecular weight excluding hydrogens is 212 g/mol. The van der Waals surface area contributed by atoms with Gasteiger partial charge >= 0.3 is 5.97 Å². The molecule has 0 aliphatic heterocycles. The Labute approximate surface area is 105 Å². The molecule has 17 heavy (non-hydrogen) atoms. The molecule has 0 aromatic heterocycles. The van der Waals surface area contributed by atoms with Crippen LogP contribution in [-0.4, -0.2) is 12.6 Å². The first-order chi connectivity index (χ1) is 8.20. The number of allylic oxidation sites excluding steroid dienone is 5. The lowest BCUT2D eigenvalue weighted by Crippen LogP contribution is -1.99. The summed E-state index contributed by atoms with van der Waals surface area (Å²) in [4.78, 5) is 11.0. The highest BCUT2D eigenvalue weighted by atomic mass is 16.5. The molecule has 0 saturated heterocycles. The van der Waals surface area contributed by atoms with E-state index in [9.17, 15) is 4.79 Å². The molecule has 0 rings (SSSR count). The second-order valence-electron chi connectivity index (χ2n) is 4.03. The van der Waals surface area contributed by atoms with Gasteiger partial charge in [-0.15, -0.1) is 0 Å². The summed E-state index contributed by atoms with van der Waals surface area (Å²) in [7, 11) is 0. The average Bonchev–Trinajstić information content (AvgIpc) is 2.31. The van der Waals surface area contributed by atoms with Crippen LogP contribution in [0.15, 0.2) is 36.5 Å². The fraction of sp³-hybridized carbons (Fsp3) is 0.533. The molecule has 2 nitrogen and oxygen atoms in total. The zero-order chi connectivity index (χ0) is 12.9. The first-order valence-electron chi connectivity index (χ1n) is 6.31. The summed E-state index contributed by atoms with van der Waals surface area (Å²) in [5.41, 5.74) is 0. The molecule has 0 bridgehead atoms. The topological polar surface area (TPSA) is 26.3 Å². The summed E-state index contributed by atoms with van der Waals surface area (Å²) >= 11 is 0. The first-order valence-corrected chi connectivity index (χ1v) is 6.31. The van der Waals surface area contributed by atoms with Crippen molar-refractivity contribution < 1.29 is 9.53 Å². The summed E-state index contributed by atoms with van der Waals surface area (Å²) in [6.07, 6.45) is 14.8. The van der Waals surface area contributed by atoms with Crippen LogP contribution >= 0.6 is 0 Å². The van der Waals surface area contributed by atoms with Crippen LogP contribution in [0.2, 0.25) is 0 Å². The second-order valence-corrected chi connectivity index (χ2v) is 4.03. The fourth-order valence-corrected chi connectivity index (χ4v) is 1.37. The highest BCUT2D eigenvalue weighted by Crippen LogP contribution is 2.11. The van der Waals surface area contributed by atoms with E-state index in [1.165, 1.54) is 6.08 Å². The monoisotopic (exact) mass is 236 g/mol. The average molecular weight is 236 g/mol. The van der Waals surface area contributed by atoms with Gasteiger partial charge in [0.15, 0.2) is 0 Å². The molecular formula is C15H24O2. The third-order valence-corrected chi connectivity index (χ3v) is 2.34. The third-order valence-electron chi connectivity index (χ3n) is 2.34. The van der Waals surface area contributed by atoms with E-state index in [4.69, 9.17) is 4.74 Å². The minimum atomic E-state index is -0.242. The number of rotatable bonds is 8. The molecule has 0 radical (unpaired) electrons. The Morgan fingerprint density at radius 1 is 1.29 bits per heavy atom. The maximum atomic E-state index is 11.0. The van der Waals surface area contributed by atoms with Crippen LogP contribution < -0.4 is 0 Å². The van der Waals surface area contributed by atoms with E-state index in [2.05, 4.69) is 19.1 Å². The largest absolute Gasteiger partial charge is 0.463 e. The van der Waals surface area contributed by atoms with Crippen LogP contribution in [0.25, 0.3) is 0 Å². The number of carbonyl (C=O) groups is 1. The normalized spacial score (nSPS) is 13.8. The van der Waals surface area contributed by atoms with Crippen LogP contribution in [0.3, 0.4) is 0 Å². The lowest BCUT2D eigenvalue weighted by Gasteiger charge is -2.05. The maximum absolute atomic E-state index is 11.0. The van der Waals surface area contributed by atoms with E-state index in [0.717, 1.165) is 19.3 Å². The van der Waals surface area contributed by atoms with E-state index in [1.807, 2.05) is 32.1 Å². The van der Waals surface area contributed by atoms with Gasteiger partial charge in [-0.3, -0.25) is 0 Å². The van der Waals surface area contributed by atoms with Crippen molar-refractivity contribution in [1.29, 1.82) is 0 Å². The summed E-state index contributed by atoms with van der Waals surface area (Å²) in [5.74, 6) is 0.400. The molecule has 0 spiro atoms. The predicted molar refractivity (Wildman–Crippen MR) is 72.7 cm³/mol. The summed E-state index contributed by atoms with van der Waals surface area (Å²) < 4.78 is 4.80. The van der Waals surface area contributed by atoms with Crippen molar-refractivity contribution >= 4 is 5.97 Å². The molecule has 0 aliphatic carbocycles.